The number of pyridine rings is 1. The molecule has 3 aromatic rings. The molecule has 0 saturated carbocycles. The van der Waals surface area contributed by atoms with Crippen LogP contribution in [0.2, 0.25) is 0 Å². The molecule has 0 N–H and O–H groups in total. The lowest BCUT2D eigenvalue weighted by Crippen LogP contribution is -1.75. The molecule has 13 heavy (non-hydrogen) atoms. The molecule has 2 heteroatoms. The summed E-state index contributed by atoms with van der Waals surface area (Å²) in [5, 5.41) is 2.20. The third kappa shape index (κ3) is 0.920. The normalized spacial score (nSPS) is 11.1. The van der Waals surface area contributed by atoms with E-state index in [4.69, 9.17) is 4.42 Å². The quantitative estimate of drug-likeness (QED) is 0.515. The average Bonchev–Trinajstić information content (AvgIpc) is 2.61. The Hall–Kier alpha value is -1.83. The number of aromatic nitrogens is 1. The summed E-state index contributed by atoms with van der Waals surface area (Å²) >= 11 is 0. The molecule has 0 aliphatic carbocycles. The molecule has 0 saturated heterocycles. The van der Waals surface area contributed by atoms with Gasteiger partial charge in [0, 0.05) is 23.0 Å². The van der Waals surface area contributed by atoms with Crippen LogP contribution in [0.4, 0.5) is 0 Å². The van der Waals surface area contributed by atoms with Gasteiger partial charge >= 0.3 is 0 Å². The summed E-state index contributed by atoms with van der Waals surface area (Å²) in [5.41, 5.74) is 1.80. The van der Waals surface area contributed by atoms with Crippen LogP contribution in [0.3, 0.4) is 0 Å². The van der Waals surface area contributed by atoms with Gasteiger partial charge in [0.05, 0.1) is 5.52 Å². The van der Waals surface area contributed by atoms with E-state index in [0.29, 0.717) is 0 Å². The number of hydrogen-bond acceptors (Lipinski definition) is 2. The van der Waals surface area contributed by atoms with Crippen molar-refractivity contribution in [3.8, 4) is 0 Å². The predicted molar refractivity (Wildman–Crippen MR) is 50.4 cm³/mol. The second-order valence-electron chi connectivity index (χ2n) is 2.95. The predicted octanol–water partition coefficient (Wildman–Crippen LogP) is 2.78. The Morgan fingerprint density at radius 1 is 1.23 bits per heavy atom. The van der Waals surface area contributed by atoms with E-state index in [-0.39, 0.29) is 0 Å². The van der Waals surface area contributed by atoms with Crippen molar-refractivity contribution < 1.29 is 4.42 Å². The fraction of sp³-hybridized carbons (Fsp3) is 0. The Morgan fingerprint density at radius 3 is 3.23 bits per heavy atom. The van der Waals surface area contributed by atoms with E-state index in [0.717, 1.165) is 21.9 Å². The number of hydrogen-bond donors (Lipinski definition) is 0. The van der Waals surface area contributed by atoms with E-state index >= 15 is 0 Å². The van der Waals surface area contributed by atoms with Gasteiger partial charge in [0.25, 0.3) is 0 Å². The Kier molecular flexibility index (Phi) is 1.19. The van der Waals surface area contributed by atoms with Crippen molar-refractivity contribution >= 4 is 21.9 Å². The van der Waals surface area contributed by atoms with Gasteiger partial charge in [-0.2, -0.15) is 0 Å². The average molecular weight is 168 g/mol. The van der Waals surface area contributed by atoms with Crippen LogP contribution in [-0.4, -0.2) is 4.98 Å². The molecule has 2 nitrogen and oxygen atoms in total. The number of fused-ring (bicyclic) bond motifs is 2. The molecule has 0 fully saturated rings. The van der Waals surface area contributed by atoms with Crippen LogP contribution in [0.5, 0.6) is 0 Å². The Labute approximate surface area is 74.8 Å². The lowest BCUT2D eigenvalue weighted by Gasteiger charge is -1.94. The van der Waals surface area contributed by atoms with Gasteiger partial charge in [-0.3, -0.25) is 4.98 Å². The molecular formula is C11H6NO. The van der Waals surface area contributed by atoms with Crippen molar-refractivity contribution in [2.45, 2.75) is 0 Å². The summed E-state index contributed by atoms with van der Waals surface area (Å²) in [4.78, 5) is 4.24. The summed E-state index contributed by atoms with van der Waals surface area (Å²) in [6.45, 7) is 0. The highest BCUT2D eigenvalue weighted by Gasteiger charge is 1.99. The van der Waals surface area contributed by atoms with Gasteiger partial charge in [-0.1, -0.05) is 6.07 Å². The third-order valence-corrected chi connectivity index (χ3v) is 2.12. The minimum Gasteiger partial charge on any atom is -0.453 e. The number of furan rings is 1. The zero-order valence-corrected chi connectivity index (χ0v) is 6.82. The van der Waals surface area contributed by atoms with Crippen molar-refractivity contribution in [3.05, 3.63) is 42.8 Å². The molecule has 2 heterocycles. The molecule has 2 aromatic heterocycles. The number of benzene rings is 1. The summed E-state index contributed by atoms with van der Waals surface area (Å²) < 4.78 is 5.16. The van der Waals surface area contributed by atoms with Crippen molar-refractivity contribution in [1.82, 2.24) is 4.98 Å². The van der Waals surface area contributed by atoms with E-state index in [1.54, 1.807) is 6.20 Å². The molecule has 0 aliphatic heterocycles. The highest BCUT2D eigenvalue weighted by molar-refractivity contribution is 5.93. The fourth-order valence-corrected chi connectivity index (χ4v) is 1.48. The van der Waals surface area contributed by atoms with Crippen LogP contribution in [-0.2, 0) is 0 Å². The lowest BCUT2D eigenvalue weighted by atomic mass is 10.2. The van der Waals surface area contributed by atoms with Crippen LogP contribution >= 0.6 is 0 Å². The van der Waals surface area contributed by atoms with Crippen LogP contribution < -0.4 is 0 Å². The molecule has 1 radical (unpaired) electrons. The second kappa shape index (κ2) is 2.33. The Balaban J connectivity index is 2.57. The molecular weight excluding hydrogens is 162 g/mol. The summed E-state index contributed by atoms with van der Waals surface area (Å²) in [6, 6.07) is 9.79. The molecule has 1 aromatic carbocycles. The van der Waals surface area contributed by atoms with Crippen LogP contribution in [0.1, 0.15) is 0 Å². The third-order valence-electron chi connectivity index (χ3n) is 2.12. The second-order valence-corrected chi connectivity index (χ2v) is 2.95. The maximum Gasteiger partial charge on any atom is 0.170 e. The van der Waals surface area contributed by atoms with Crippen molar-refractivity contribution in [2.24, 2.45) is 0 Å². The fourth-order valence-electron chi connectivity index (χ4n) is 1.48. The molecule has 0 atom stereocenters. The maximum atomic E-state index is 5.16. The van der Waals surface area contributed by atoms with Crippen LogP contribution in [0.25, 0.3) is 21.9 Å². The molecule has 0 amide bonds. The van der Waals surface area contributed by atoms with Gasteiger partial charge < -0.3 is 4.42 Å². The van der Waals surface area contributed by atoms with Gasteiger partial charge in [-0.05, 0) is 18.2 Å². The summed E-state index contributed by atoms with van der Waals surface area (Å²) in [6.07, 6.45) is 4.49. The summed E-state index contributed by atoms with van der Waals surface area (Å²) in [7, 11) is 0. The van der Waals surface area contributed by atoms with Gasteiger partial charge in [-0.25, -0.2) is 0 Å². The monoisotopic (exact) mass is 168 g/mol. The van der Waals surface area contributed by atoms with Crippen molar-refractivity contribution in [3.63, 3.8) is 0 Å². The smallest absolute Gasteiger partial charge is 0.170 e. The summed E-state index contributed by atoms with van der Waals surface area (Å²) in [5.74, 6) is 0. The van der Waals surface area contributed by atoms with E-state index in [1.807, 2.05) is 24.3 Å². The number of rotatable bonds is 0. The van der Waals surface area contributed by atoms with Crippen LogP contribution in [0, 0.1) is 6.26 Å². The van der Waals surface area contributed by atoms with E-state index in [1.165, 1.54) is 0 Å². The lowest BCUT2D eigenvalue weighted by molar-refractivity contribution is 0.606. The first-order valence-corrected chi connectivity index (χ1v) is 4.08. The first-order chi connectivity index (χ1) is 6.43. The molecule has 0 aliphatic rings. The Bertz CT molecular complexity index is 519. The van der Waals surface area contributed by atoms with Gasteiger partial charge in [0.15, 0.2) is 6.26 Å². The van der Waals surface area contributed by atoms with Gasteiger partial charge in [0.2, 0.25) is 0 Å². The highest BCUT2D eigenvalue weighted by Crippen LogP contribution is 2.21. The SMILES string of the molecule is [c]1cc2cc3cccnc3cc2o1. The van der Waals surface area contributed by atoms with E-state index < -0.39 is 0 Å². The van der Waals surface area contributed by atoms with Gasteiger partial charge in [-0.15, -0.1) is 0 Å². The van der Waals surface area contributed by atoms with Crippen molar-refractivity contribution in [2.75, 3.05) is 0 Å². The topological polar surface area (TPSA) is 26.0 Å². The zero-order valence-electron chi connectivity index (χ0n) is 6.82. The Morgan fingerprint density at radius 2 is 2.23 bits per heavy atom. The molecule has 3 rings (SSSR count). The molecule has 0 bridgehead atoms. The highest BCUT2D eigenvalue weighted by atomic mass is 16.3. The molecule has 61 valence electrons. The largest absolute Gasteiger partial charge is 0.453 e. The minimum atomic E-state index is 0.839. The molecule has 0 unspecified atom stereocenters. The first-order valence-electron chi connectivity index (χ1n) is 4.08. The standard InChI is InChI=1S/C11H6NO/c1-2-8-6-9-3-5-13-11(9)7-10(8)12-4-1/h1-4,6-7H. The zero-order chi connectivity index (χ0) is 8.67. The van der Waals surface area contributed by atoms with E-state index in [9.17, 15) is 0 Å². The van der Waals surface area contributed by atoms with Crippen LogP contribution in [0.15, 0.2) is 40.9 Å². The minimum absolute atomic E-state index is 0.839. The van der Waals surface area contributed by atoms with E-state index in [2.05, 4.69) is 17.3 Å². The number of nitrogens with zero attached hydrogens (tertiary/aromatic N) is 1. The van der Waals surface area contributed by atoms with Gasteiger partial charge in [0.1, 0.15) is 5.58 Å². The van der Waals surface area contributed by atoms with Crippen molar-refractivity contribution in [1.29, 1.82) is 0 Å². The first kappa shape index (κ1) is 6.66. The molecule has 0 spiro atoms. The maximum absolute atomic E-state index is 5.16.